The predicted molar refractivity (Wildman–Crippen MR) is 91.6 cm³/mol. The van der Waals surface area contributed by atoms with Crippen LogP contribution in [0.2, 0.25) is 0 Å². The fraction of sp³-hybridized carbons (Fsp3) is 0.143. The zero-order chi connectivity index (χ0) is 15.4. The first kappa shape index (κ1) is 12.9. The average molecular weight is 302 g/mol. The maximum absolute atomic E-state index is 13.6. The van der Waals surface area contributed by atoms with E-state index in [2.05, 4.69) is 42.5 Å². The molecule has 1 aliphatic carbocycles. The Balaban J connectivity index is 1.97. The van der Waals surface area contributed by atoms with Crippen molar-refractivity contribution in [1.29, 1.82) is 0 Å². The minimum atomic E-state index is -0.447. The summed E-state index contributed by atoms with van der Waals surface area (Å²) in [5.74, 6) is 0.849. The minimum Gasteiger partial charge on any atom is -0.488 e. The average Bonchev–Trinajstić information content (AvgIpc) is 3.01. The first-order chi connectivity index (χ1) is 11.4. The summed E-state index contributed by atoms with van der Waals surface area (Å²) in [5.41, 5.74) is 6.78. The van der Waals surface area contributed by atoms with Gasteiger partial charge in [0.2, 0.25) is 0 Å². The van der Waals surface area contributed by atoms with E-state index in [0.29, 0.717) is 6.61 Å². The molecule has 0 atom stereocenters. The monoisotopic (exact) mass is 302 g/mol. The summed E-state index contributed by atoms with van der Waals surface area (Å²) in [7, 11) is 0. The van der Waals surface area contributed by atoms with Crippen molar-refractivity contribution < 1.29 is 9.13 Å². The molecule has 3 aromatic rings. The maximum Gasteiger partial charge on any atom is 0.135 e. The molecular formula is C21H15FO. The van der Waals surface area contributed by atoms with Gasteiger partial charge in [-0.15, -0.1) is 0 Å². The molecular weight excluding hydrogens is 287 g/mol. The van der Waals surface area contributed by atoms with E-state index in [1.807, 2.05) is 12.1 Å². The van der Waals surface area contributed by atoms with E-state index in [-0.39, 0.29) is 0 Å². The molecule has 1 heterocycles. The van der Waals surface area contributed by atoms with Gasteiger partial charge in [0.25, 0.3) is 0 Å². The smallest absolute Gasteiger partial charge is 0.135 e. The highest BCUT2D eigenvalue weighted by Gasteiger charge is 2.29. The van der Waals surface area contributed by atoms with Crippen molar-refractivity contribution in [3.05, 3.63) is 71.3 Å². The van der Waals surface area contributed by atoms with E-state index in [1.54, 1.807) is 0 Å². The van der Waals surface area contributed by atoms with Crippen LogP contribution in [0.25, 0.3) is 27.5 Å². The summed E-state index contributed by atoms with van der Waals surface area (Å²) >= 11 is 0. The molecule has 0 spiro atoms. The van der Waals surface area contributed by atoms with Crippen LogP contribution in [0.1, 0.15) is 16.7 Å². The largest absolute Gasteiger partial charge is 0.488 e. The van der Waals surface area contributed by atoms with E-state index in [0.717, 1.165) is 28.7 Å². The molecule has 5 rings (SSSR count). The van der Waals surface area contributed by atoms with Gasteiger partial charge in [-0.3, -0.25) is 0 Å². The van der Waals surface area contributed by atoms with Crippen LogP contribution >= 0.6 is 0 Å². The van der Waals surface area contributed by atoms with Crippen LogP contribution in [0.5, 0.6) is 5.75 Å². The molecule has 2 heteroatoms. The molecule has 0 bridgehead atoms. The standard InChI is InChI=1S/C21H15FO/c22-12-14-9-10-23-21-17-8-4-3-7-16(17)20-15-6-2-1-5-13(15)11-18(20)19(14)21/h1-9H,10-12H2. The van der Waals surface area contributed by atoms with Gasteiger partial charge in [-0.1, -0.05) is 48.5 Å². The Labute approximate surface area is 134 Å². The summed E-state index contributed by atoms with van der Waals surface area (Å²) in [4.78, 5) is 0. The molecule has 0 saturated carbocycles. The quantitative estimate of drug-likeness (QED) is 0.472. The van der Waals surface area contributed by atoms with Gasteiger partial charge in [-0.05, 0) is 45.7 Å². The topological polar surface area (TPSA) is 9.23 Å². The second-order valence-corrected chi connectivity index (χ2v) is 6.11. The third kappa shape index (κ3) is 1.66. The number of rotatable bonds is 1. The molecule has 0 unspecified atom stereocenters. The Bertz CT molecular complexity index is 985. The van der Waals surface area contributed by atoms with Crippen LogP contribution in [0.4, 0.5) is 4.39 Å². The lowest BCUT2D eigenvalue weighted by Crippen LogP contribution is -2.09. The second-order valence-electron chi connectivity index (χ2n) is 6.11. The molecule has 112 valence electrons. The summed E-state index contributed by atoms with van der Waals surface area (Å²) in [6.07, 6.45) is 2.72. The fourth-order valence-electron chi connectivity index (χ4n) is 3.99. The molecule has 1 nitrogen and oxygen atoms in total. The van der Waals surface area contributed by atoms with Crippen molar-refractivity contribution >= 4 is 16.3 Å². The van der Waals surface area contributed by atoms with Crippen LogP contribution in [0.3, 0.4) is 0 Å². The molecule has 0 fully saturated rings. The van der Waals surface area contributed by atoms with Gasteiger partial charge >= 0.3 is 0 Å². The third-order valence-corrected chi connectivity index (χ3v) is 4.95. The van der Waals surface area contributed by atoms with Gasteiger partial charge in [0.05, 0.1) is 0 Å². The van der Waals surface area contributed by atoms with Gasteiger partial charge in [0.15, 0.2) is 0 Å². The number of hydrogen-bond donors (Lipinski definition) is 0. The Morgan fingerprint density at radius 3 is 2.57 bits per heavy atom. The summed E-state index contributed by atoms with van der Waals surface area (Å²) in [6.45, 7) is -0.000528. The van der Waals surface area contributed by atoms with Crippen LogP contribution in [-0.4, -0.2) is 13.3 Å². The molecule has 23 heavy (non-hydrogen) atoms. The number of halogens is 1. The van der Waals surface area contributed by atoms with Gasteiger partial charge in [0.1, 0.15) is 19.0 Å². The lowest BCUT2D eigenvalue weighted by molar-refractivity contribution is 0.359. The number of fused-ring (bicyclic) bond motifs is 8. The normalized spacial score (nSPS) is 14.7. The molecule has 0 saturated heterocycles. The van der Waals surface area contributed by atoms with Crippen LogP contribution in [-0.2, 0) is 6.42 Å². The van der Waals surface area contributed by atoms with Crippen molar-refractivity contribution in [3.8, 4) is 16.9 Å². The van der Waals surface area contributed by atoms with E-state index in [4.69, 9.17) is 4.74 Å². The molecule has 3 aromatic carbocycles. The zero-order valence-electron chi connectivity index (χ0n) is 12.6. The van der Waals surface area contributed by atoms with Crippen molar-refractivity contribution in [2.75, 3.05) is 13.3 Å². The zero-order valence-corrected chi connectivity index (χ0v) is 12.6. The lowest BCUT2D eigenvalue weighted by atomic mass is 9.88. The maximum atomic E-state index is 13.6. The first-order valence-corrected chi connectivity index (χ1v) is 7.92. The lowest BCUT2D eigenvalue weighted by Gasteiger charge is -2.23. The highest BCUT2D eigenvalue weighted by molar-refractivity contribution is 6.08. The molecule has 0 aromatic heterocycles. The number of ether oxygens (including phenoxy) is 1. The second kappa shape index (κ2) is 4.69. The minimum absolute atomic E-state index is 0.446. The van der Waals surface area contributed by atoms with E-state index < -0.39 is 6.67 Å². The highest BCUT2D eigenvalue weighted by atomic mass is 19.1. The summed E-state index contributed by atoms with van der Waals surface area (Å²) in [5, 5.41) is 2.28. The summed E-state index contributed by atoms with van der Waals surface area (Å²) in [6, 6.07) is 16.8. The Morgan fingerprint density at radius 1 is 0.913 bits per heavy atom. The number of alkyl halides is 1. The molecule has 1 aliphatic heterocycles. The van der Waals surface area contributed by atoms with E-state index >= 15 is 0 Å². The Hall–Kier alpha value is -2.61. The van der Waals surface area contributed by atoms with Gasteiger partial charge in [-0.2, -0.15) is 0 Å². The highest BCUT2D eigenvalue weighted by Crippen LogP contribution is 2.50. The Kier molecular flexibility index (Phi) is 2.63. The number of hydrogen-bond acceptors (Lipinski definition) is 1. The molecule has 0 N–H and O–H groups in total. The van der Waals surface area contributed by atoms with Gasteiger partial charge in [0, 0.05) is 10.9 Å². The van der Waals surface area contributed by atoms with Crippen LogP contribution in [0.15, 0.2) is 54.6 Å². The van der Waals surface area contributed by atoms with Crippen molar-refractivity contribution in [1.82, 2.24) is 0 Å². The number of benzene rings is 3. The van der Waals surface area contributed by atoms with Gasteiger partial charge in [-0.25, -0.2) is 4.39 Å². The van der Waals surface area contributed by atoms with E-state index in [9.17, 15) is 4.39 Å². The third-order valence-electron chi connectivity index (χ3n) is 4.95. The molecule has 2 aliphatic rings. The van der Waals surface area contributed by atoms with Gasteiger partial charge < -0.3 is 4.74 Å². The van der Waals surface area contributed by atoms with Crippen LogP contribution in [0, 0.1) is 0 Å². The SMILES string of the molecule is FCC1=CCOc2c1c1c(c3ccccc23)-c2ccccc2C1. The Morgan fingerprint density at radius 2 is 1.70 bits per heavy atom. The number of allylic oxidation sites excluding steroid dienone is 1. The summed E-state index contributed by atoms with van der Waals surface area (Å²) < 4.78 is 19.6. The van der Waals surface area contributed by atoms with Crippen LogP contribution < -0.4 is 4.74 Å². The predicted octanol–water partition coefficient (Wildman–Crippen LogP) is 5.16. The van der Waals surface area contributed by atoms with Crippen molar-refractivity contribution in [2.24, 2.45) is 0 Å². The first-order valence-electron chi connectivity index (χ1n) is 7.92. The van der Waals surface area contributed by atoms with Crippen molar-refractivity contribution in [2.45, 2.75) is 6.42 Å². The molecule has 0 amide bonds. The molecule has 0 radical (unpaired) electrons. The van der Waals surface area contributed by atoms with E-state index in [1.165, 1.54) is 27.6 Å². The fourth-order valence-corrected chi connectivity index (χ4v) is 3.99. The van der Waals surface area contributed by atoms with Crippen molar-refractivity contribution in [3.63, 3.8) is 0 Å².